The number of rotatable bonds is 4. The van der Waals surface area contributed by atoms with Gasteiger partial charge in [0.05, 0.1) is 11.4 Å². The zero-order chi connectivity index (χ0) is 20.8. The van der Waals surface area contributed by atoms with Gasteiger partial charge in [0.25, 0.3) is 5.89 Å². The predicted octanol–water partition coefficient (Wildman–Crippen LogP) is 3.87. The Morgan fingerprint density at radius 2 is 1.83 bits per heavy atom. The van der Waals surface area contributed by atoms with Crippen molar-refractivity contribution in [1.29, 1.82) is 0 Å². The Morgan fingerprint density at radius 3 is 2.67 bits per heavy atom. The number of aromatic nitrogens is 2. The van der Waals surface area contributed by atoms with Gasteiger partial charge < -0.3 is 4.52 Å². The Morgan fingerprint density at radius 1 is 1.03 bits per heavy atom. The maximum absolute atomic E-state index is 15.8. The van der Waals surface area contributed by atoms with Crippen LogP contribution in [0.1, 0.15) is 36.3 Å². The van der Waals surface area contributed by atoms with Crippen LogP contribution in [0.5, 0.6) is 0 Å². The van der Waals surface area contributed by atoms with Crippen LogP contribution in [0.25, 0.3) is 11.4 Å². The molecule has 0 spiro atoms. The molecule has 1 aromatic heterocycles. The lowest BCUT2D eigenvalue weighted by atomic mass is 9.96. The fourth-order valence-corrected chi connectivity index (χ4v) is 5.89. The number of aryl methyl sites for hydroxylation is 2. The summed E-state index contributed by atoms with van der Waals surface area (Å²) in [6.45, 7) is -0.0619. The molecule has 0 amide bonds. The average molecular weight is 428 g/mol. The summed E-state index contributed by atoms with van der Waals surface area (Å²) in [7, 11) is -3.80. The molecule has 156 valence electrons. The van der Waals surface area contributed by atoms with E-state index in [0.717, 1.165) is 30.4 Å². The van der Waals surface area contributed by atoms with E-state index in [4.69, 9.17) is 4.52 Å². The van der Waals surface area contributed by atoms with Crippen molar-refractivity contribution in [3.8, 4) is 11.4 Å². The van der Waals surface area contributed by atoms with E-state index in [1.807, 2.05) is 36.4 Å². The van der Waals surface area contributed by atoms with Gasteiger partial charge in [-0.2, -0.15) is 9.29 Å². The highest BCUT2D eigenvalue weighted by atomic mass is 32.2. The Hall–Kier alpha value is -2.58. The molecule has 1 fully saturated rings. The molecule has 1 aliphatic carbocycles. The van der Waals surface area contributed by atoms with Crippen molar-refractivity contribution in [3.63, 3.8) is 0 Å². The van der Waals surface area contributed by atoms with Crippen molar-refractivity contribution in [1.82, 2.24) is 14.4 Å². The van der Waals surface area contributed by atoms with Crippen LogP contribution in [0.4, 0.5) is 4.39 Å². The third-order valence-corrected chi connectivity index (χ3v) is 7.80. The number of hydrogen-bond acceptors (Lipinski definition) is 5. The third kappa shape index (κ3) is 3.33. The second-order valence-electron chi connectivity index (χ2n) is 7.98. The summed E-state index contributed by atoms with van der Waals surface area (Å²) in [6, 6.07) is 14.4. The first-order chi connectivity index (χ1) is 14.5. The number of hydrogen-bond donors (Lipinski definition) is 0. The van der Waals surface area contributed by atoms with E-state index in [-0.39, 0.29) is 30.3 Å². The molecule has 1 saturated heterocycles. The van der Waals surface area contributed by atoms with E-state index in [1.165, 1.54) is 9.87 Å². The van der Waals surface area contributed by atoms with Crippen LogP contribution in [-0.4, -0.2) is 36.0 Å². The standard InChI is InChI=1S/C22H22FN3O3S/c23-22(21-24-20(25-29-21)17-6-2-1-3-7-17)12-5-13-26(15-22)30(27,28)19-11-10-16-8-4-9-18(16)14-19/h1-3,6-7,10-11,14H,4-5,8-9,12-13,15H2. The summed E-state index contributed by atoms with van der Waals surface area (Å²) in [5.41, 5.74) is 0.979. The minimum atomic E-state index is -3.80. The van der Waals surface area contributed by atoms with E-state index in [9.17, 15) is 8.42 Å². The quantitative estimate of drug-likeness (QED) is 0.632. The van der Waals surface area contributed by atoms with Crippen molar-refractivity contribution < 1.29 is 17.3 Å². The summed E-state index contributed by atoms with van der Waals surface area (Å²) in [5, 5.41) is 3.90. The molecule has 3 aromatic rings. The highest BCUT2D eigenvalue weighted by molar-refractivity contribution is 7.89. The van der Waals surface area contributed by atoms with Crippen molar-refractivity contribution >= 4 is 10.0 Å². The molecule has 0 N–H and O–H groups in total. The Bertz CT molecular complexity index is 1180. The van der Waals surface area contributed by atoms with Gasteiger partial charge in [0.15, 0.2) is 0 Å². The zero-order valence-corrected chi connectivity index (χ0v) is 17.2. The maximum Gasteiger partial charge on any atom is 0.266 e. The van der Waals surface area contributed by atoms with Gasteiger partial charge in [-0.05, 0) is 55.4 Å². The normalized spacial score (nSPS) is 22.2. The summed E-state index contributed by atoms with van der Waals surface area (Å²) in [5.74, 6) is 0.122. The molecule has 2 aliphatic rings. The van der Waals surface area contributed by atoms with Gasteiger partial charge in [0, 0.05) is 12.1 Å². The van der Waals surface area contributed by atoms with E-state index in [2.05, 4.69) is 10.1 Å². The molecule has 2 heterocycles. The van der Waals surface area contributed by atoms with Gasteiger partial charge in [0.2, 0.25) is 21.5 Å². The number of benzene rings is 2. The van der Waals surface area contributed by atoms with Gasteiger partial charge in [-0.1, -0.05) is 41.6 Å². The molecule has 2 aromatic carbocycles. The largest absolute Gasteiger partial charge is 0.335 e. The van der Waals surface area contributed by atoms with Gasteiger partial charge in [-0.3, -0.25) is 0 Å². The van der Waals surface area contributed by atoms with E-state index in [0.29, 0.717) is 12.2 Å². The van der Waals surface area contributed by atoms with Crippen molar-refractivity contribution in [2.75, 3.05) is 13.1 Å². The predicted molar refractivity (Wildman–Crippen MR) is 109 cm³/mol. The number of fused-ring (bicyclic) bond motifs is 1. The van der Waals surface area contributed by atoms with E-state index >= 15 is 4.39 Å². The van der Waals surface area contributed by atoms with Gasteiger partial charge in [-0.15, -0.1) is 0 Å². The fraction of sp³-hybridized carbons (Fsp3) is 0.364. The van der Waals surface area contributed by atoms with E-state index < -0.39 is 15.7 Å². The summed E-state index contributed by atoms with van der Waals surface area (Å²) in [6.07, 6.45) is 3.42. The molecule has 8 heteroatoms. The smallest absolute Gasteiger partial charge is 0.266 e. The zero-order valence-electron chi connectivity index (χ0n) is 16.4. The molecular formula is C22H22FN3O3S. The molecule has 30 heavy (non-hydrogen) atoms. The topological polar surface area (TPSA) is 76.3 Å². The molecular weight excluding hydrogens is 405 g/mol. The summed E-state index contributed by atoms with van der Waals surface area (Å²) in [4.78, 5) is 4.46. The Kier molecular flexibility index (Phi) is 4.71. The number of sulfonamides is 1. The lowest BCUT2D eigenvalue weighted by Crippen LogP contribution is -2.46. The van der Waals surface area contributed by atoms with Crippen LogP contribution in [0, 0.1) is 0 Å². The van der Waals surface area contributed by atoms with Crippen LogP contribution in [0.15, 0.2) is 57.9 Å². The average Bonchev–Trinajstić information content (AvgIpc) is 3.44. The molecule has 1 atom stereocenters. The van der Waals surface area contributed by atoms with Crippen LogP contribution in [-0.2, 0) is 28.5 Å². The second-order valence-corrected chi connectivity index (χ2v) is 9.92. The van der Waals surface area contributed by atoms with Gasteiger partial charge in [0.1, 0.15) is 0 Å². The molecule has 5 rings (SSSR count). The minimum absolute atomic E-state index is 0.139. The van der Waals surface area contributed by atoms with Crippen molar-refractivity contribution in [2.24, 2.45) is 0 Å². The Labute approximate surface area is 174 Å². The van der Waals surface area contributed by atoms with Crippen molar-refractivity contribution in [3.05, 3.63) is 65.5 Å². The van der Waals surface area contributed by atoms with Crippen LogP contribution >= 0.6 is 0 Å². The van der Waals surface area contributed by atoms with E-state index in [1.54, 1.807) is 12.1 Å². The maximum atomic E-state index is 15.8. The first-order valence-electron chi connectivity index (χ1n) is 10.2. The van der Waals surface area contributed by atoms with Gasteiger partial charge >= 0.3 is 0 Å². The highest BCUT2D eigenvalue weighted by Crippen LogP contribution is 2.38. The monoisotopic (exact) mass is 427 g/mol. The number of halogens is 1. The number of piperidine rings is 1. The highest BCUT2D eigenvalue weighted by Gasteiger charge is 2.46. The lowest BCUT2D eigenvalue weighted by Gasteiger charge is -2.34. The van der Waals surface area contributed by atoms with Crippen LogP contribution in [0.3, 0.4) is 0 Å². The Balaban J connectivity index is 1.42. The first kappa shape index (κ1) is 19.4. The van der Waals surface area contributed by atoms with Crippen molar-refractivity contribution in [2.45, 2.75) is 42.7 Å². The molecule has 0 saturated carbocycles. The molecule has 1 unspecified atom stereocenters. The van der Waals surface area contributed by atoms with Crippen LogP contribution < -0.4 is 0 Å². The summed E-state index contributed by atoms with van der Waals surface area (Å²) >= 11 is 0. The van der Waals surface area contributed by atoms with Crippen LogP contribution in [0.2, 0.25) is 0 Å². The van der Waals surface area contributed by atoms with Gasteiger partial charge in [-0.25, -0.2) is 12.8 Å². The molecule has 6 nitrogen and oxygen atoms in total. The molecule has 0 bridgehead atoms. The fourth-order valence-electron chi connectivity index (χ4n) is 4.32. The first-order valence-corrected chi connectivity index (χ1v) is 11.6. The second kappa shape index (κ2) is 7.28. The minimum Gasteiger partial charge on any atom is -0.335 e. The molecule has 1 aliphatic heterocycles. The SMILES string of the molecule is O=S(=O)(c1ccc2c(c1)CCC2)N1CCCC(F)(c2nc(-c3ccccc3)no2)C1. The third-order valence-electron chi connectivity index (χ3n) is 5.96. The summed E-state index contributed by atoms with van der Waals surface area (Å²) < 4.78 is 48.7. The lowest BCUT2D eigenvalue weighted by molar-refractivity contribution is 0.0470. The number of alkyl halides is 1. The molecule has 0 radical (unpaired) electrons. The number of nitrogens with zero attached hydrogens (tertiary/aromatic N) is 3.